The van der Waals surface area contributed by atoms with Gasteiger partial charge in [0, 0.05) is 5.92 Å². The average molecular weight is 178 g/mol. The number of nitrogen functional groups attached to an aromatic ring is 1. The van der Waals surface area contributed by atoms with E-state index in [1.165, 1.54) is 32.1 Å². The Balaban J connectivity index is 1.91. The SMILES string of the molecule is Nc1c(C2CC2)nnn1C1CCC1. The van der Waals surface area contributed by atoms with E-state index in [0.29, 0.717) is 12.0 Å². The van der Waals surface area contributed by atoms with E-state index < -0.39 is 0 Å². The van der Waals surface area contributed by atoms with Crippen molar-refractivity contribution in [2.45, 2.75) is 44.1 Å². The van der Waals surface area contributed by atoms with Crippen molar-refractivity contribution in [3.8, 4) is 0 Å². The first-order chi connectivity index (χ1) is 6.36. The van der Waals surface area contributed by atoms with Gasteiger partial charge in [-0.15, -0.1) is 5.10 Å². The molecule has 2 N–H and O–H groups in total. The summed E-state index contributed by atoms with van der Waals surface area (Å²) >= 11 is 0. The summed E-state index contributed by atoms with van der Waals surface area (Å²) < 4.78 is 1.93. The standard InChI is InChI=1S/C9H14N4/c10-9-8(6-4-5-6)11-12-13(9)7-2-1-3-7/h6-7H,1-5,10H2. The molecule has 4 nitrogen and oxygen atoms in total. The van der Waals surface area contributed by atoms with Crippen LogP contribution in [0.1, 0.15) is 49.8 Å². The van der Waals surface area contributed by atoms with E-state index in [9.17, 15) is 0 Å². The summed E-state index contributed by atoms with van der Waals surface area (Å²) in [5.74, 6) is 1.45. The number of hydrogen-bond acceptors (Lipinski definition) is 3. The number of hydrogen-bond donors (Lipinski definition) is 1. The molecule has 2 saturated carbocycles. The van der Waals surface area contributed by atoms with Crippen molar-refractivity contribution >= 4 is 5.82 Å². The molecular weight excluding hydrogens is 164 g/mol. The minimum Gasteiger partial charge on any atom is -0.382 e. The number of aromatic nitrogens is 3. The fraction of sp³-hybridized carbons (Fsp3) is 0.778. The third kappa shape index (κ3) is 1.04. The highest BCUT2D eigenvalue weighted by Gasteiger charge is 2.32. The fourth-order valence-corrected chi connectivity index (χ4v) is 1.86. The molecule has 1 aromatic rings. The number of anilines is 1. The summed E-state index contributed by atoms with van der Waals surface area (Å²) in [4.78, 5) is 0. The predicted molar refractivity (Wildman–Crippen MR) is 49.3 cm³/mol. The van der Waals surface area contributed by atoms with Gasteiger partial charge in [0.25, 0.3) is 0 Å². The molecule has 4 heteroatoms. The zero-order chi connectivity index (χ0) is 8.84. The monoisotopic (exact) mass is 178 g/mol. The largest absolute Gasteiger partial charge is 0.382 e. The molecule has 0 bridgehead atoms. The van der Waals surface area contributed by atoms with Crippen LogP contribution in [0.25, 0.3) is 0 Å². The molecule has 13 heavy (non-hydrogen) atoms. The van der Waals surface area contributed by atoms with Gasteiger partial charge < -0.3 is 5.73 Å². The third-order valence-electron chi connectivity index (χ3n) is 3.14. The van der Waals surface area contributed by atoms with Crippen molar-refractivity contribution < 1.29 is 0 Å². The maximum absolute atomic E-state index is 5.99. The van der Waals surface area contributed by atoms with Gasteiger partial charge in [0.1, 0.15) is 11.5 Å². The van der Waals surface area contributed by atoms with Crippen LogP contribution in [0.3, 0.4) is 0 Å². The van der Waals surface area contributed by atoms with E-state index >= 15 is 0 Å². The zero-order valence-corrected chi connectivity index (χ0v) is 7.61. The molecule has 0 aromatic carbocycles. The maximum atomic E-state index is 5.99. The summed E-state index contributed by atoms with van der Waals surface area (Å²) in [6.45, 7) is 0. The second-order valence-corrected chi connectivity index (χ2v) is 4.16. The Morgan fingerprint density at radius 3 is 2.54 bits per heavy atom. The van der Waals surface area contributed by atoms with Crippen LogP contribution in [-0.2, 0) is 0 Å². The normalized spacial score (nSPS) is 23.1. The van der Waals surface area contributed by atoms with Gasteiger partial charge in [-0.1, -0.05) is 5.21 Å². The fourth-order valence-electron chi connectivity index (χ4n) is 1.86. The van der Waals surface area contributed by atoms with Crippen LogP contribution >= 0.6 is 0 Å². The summed E-state index contributed by atoms with van der Waals surface area (Å²) in [7, 11) is 0. The van der Waals surface area contributed by atoms with Gasteiger partial charge >= 0.3 is 0 Å². The lowest BCUT2D eigenvalue weighted by Crippen LogP contribution is -2.20. The first kappa shape index (κ1) is 7.35. The summed E-state index contributed by atoms with van der Waals surface area (Å²) in [6, 6.07) is 0.542. The minimum atomic E-state index is 0.542. The zero-order valence-electron chi connectivity index (χ0n) is 7.61. The molecule has 0 radical (unpaired) electrons. The van der Waals surface area contributed by atoms with Gasteiger partial charge in [-0.2, -0.15) is 0 Å². The molecule has 2 aliphatic rings. The van der Waals surface area contributed by atoms with E-state index in [-0.39, 0.29) is 0 Å². The first-order valence-electron chi connectivity index (χ1n) is 5.07. The van der Waals surface area contributed by atoms with Crippen molar-refractivity contribution in [3.05, 3.63) is 5.69 Å². The molecule has 3 rings (SSSR count). The highest BCUT2D eigenvalue weighted by atomic mass is 15.5. The Bertz CT molecular complexity index is 322. The van der Waals surface area contributed by atoms with Crippen LogP contribution in [-0.4, -0.2) is 15.0 Å². The smallest absolute Gasteiger partial charge is 0.146 e. The number of nitrogens with zero attached hydrogens (tertiary/aromatic N) is 3. The molecule has 2 fully saturated rings. The Labute approximate surface area is 77.1 Å². The van der Waals surface area contributed by atoms with E-state index in [1.807, 2.05) is 4.68 Å². The van der Waals surface area contributed by atoms with Crippen LogP contribution in [0.15, 0.2) is 0 Å². The summed E-state index contributed by atoms with van der Waals surface area (Å²) in [5.41, 5.74) is 7.04. The molecular formula is C9H14N4. The van der Waals surface area contributed by atoms with E-state index in [2.05, 4.69) is 10.3 Å². The number of nitrogens with two attached hydrogens (primary N) is 1. The van der Waals surface area contributed by atoms with E-state index in [0.717, 1.165) is 11.5 Å². The molecule has 0 aliphatic heterocycles. The van der Waals surface area contributed by atoms with Gasteiger partial charge in [0.2, 0.25) is 0 Å². The van der Waals surface area contributed by atoms with Crippen LogP contribution in [0, 0.1) is 0 Å². The van der Waals surface area contributed by atoms with Gasteiger partial charge in [-0.25, -0.2) is 4.68 Å². The van der Waals surface area contributed by atoms with Gasteiger partial charge in [-0.05, 0) is 32.1 Å². The van der Waals surface area contributed by atoms with E-state index in [4.69, 9.17) is 5.73 Å². The highest BCUT2D eigenvalue weighted by molar-refractivity contribution is 5.39. The Hall–Kier alpha value is -1.06. The van der Waals surface area contributed by atoms with Crippen LogP contribution in [0.5, 0.6) is 0 Å². The minimum absolute atomic E-state index is 0.542. The molecule has 1 aromatic heterocycles. The van der Waals surface area contributed by atoms with Crippen molar-refractivity contribution in [3.63, 3.8) is 0 Å². The predicted octanol–water partition coefficient (Wildman–Crippen LogP) is 1.46. The molecule has 0 saturated heterocycles. The molecule has 0 atom stereocenters. The summed E-state index contributed by atoms with van der Waals surface area (Å²) in [5, 5.41) is 8.31. The van der Waals surface area contributed by atoms with Crippen molar-refractivity contribution in [2.24, 2.45) is 0 Å². The van der Waals surface area contributed by atoms with Crippen molar-refractivity contribution in [2.75, 3.05) is 5.73 Å². The molecule has 0 unspecified atom stereocenters. The first-order valence-corrected chi connectivity index (χ1v) is 5.07. The lowest BCUT2D eigenvalue weighted by molar-refractivity contribution is 0.288. The molecule has 0 spiro atoms. The lowest BCUT2D eigenvalue weighted by Gasteiger charge is -2.25. The topological polar surface area (TPSA) is 56.7 Å². The Morgan fingerprint density at radius 2 is 2.00 bits per heavy atom. The van der Waals surface area contributed by atoms with Crippen LogP contribution in [0.2, 0.25) is 0 Å². The second kappa shape index (κ2) is 2.47. The average Bonchev–Trinajstić information content (AvgIpc) is 2.78. The highest BCUT2D eigenvalue weighted by Crippen LogP contribution is 2.43. The van der Waals surface area contributed by atoms with Gasteiger partial charge in [0.05, 0.1) is 6.04 Å². The van der Waals surface area contributed by atoms with Crippen LogP contribution < -0.4 is 5.73 Å². The summed E-state index contributed by atoms with van der Waals surface area (Å²) in [6.07, 6.45) is 6.24. The third-order valence-corrected chi connectivity index (χ3v) is 3.14. The quantitative estimate of drug-likeness (QED) is 0.746. The lowest BCUT2D eigenvalue weighted by atomic mass is 9.93. The molecule has 1 heterocycles. The molecule has 2 aliphatic carbocycles. The number of rotatable bonds is 2. The Kier molecular flexibility index (Phi) is 1.39. The molecule has 70 valence electrons. The van der Waals surface area contributed by atoms with Crippen LogP contribution in [0.4, 0.5) is 5.82 Å². The van der Waals surface area contributed by atoms with Crippen molar-refractivity contribution in [1.82, 2.24) is 15.0 Å². The van der Waals surface area contributed by atoms with E-state index in [1.54, 1.807) is 0 Å². The van der Waals surface area contributed by atoms with Gasteiger partial charge in [0.15, 0.2) is 0 Å². The van der Waals surface area contributed by atoms with Crippen molar-refractivity contribution in [1.29, 1.82) is 0 Å². The second-order valence-electron chi connectivity index (χ2n) is 4.16. The molecule has 0 amide bonds. The van der Waals surface area contributed by atoms with Gasteiger partial charge in [-0.3, -0.25) is 0 Å². The Morgan fingerprint density at radius 1 is 1.23 bits per heavy atom. The maximum Gasteiger partial charge on any atom is 0.146 e.